The fourth-order valence-corrected chi connectivity index (χ4v) is 3.02. The van der Waals surface area contributed by atoms with Crippen molar-refractivity contribution in [3.8, 4) is 11.5 Å². The number of hydrogen-bond donors (Lipinski definition) is 1. The summed E-state index contributed by atoms with van der Waals surface area (Å²) in [6.07, 6.45) is 0.821. The van der Waals surface area contributed by atoms with Crippen LogP contribution in [0.25, 0.3) is 0 Å². The largest absolute Gasteiger partial charge is 0.493 e. The maximum atomic E-state index is 13.1. The SMILES string of the molecule is CC[C@H](C)NC(=O)[C@H](C)N(Cc1cccc(C)c1)C(=O)COc1ccccc1OC. The highest BCUT2D eigenvalue weighted by atomic mass is 16.5. The first kappa shape index (κ1) is 23.3. The summed E-state index contributed by atoms with van der Waals surface area (Å²) in [6, 6.07) is 14.5. The Morgan fingerprint density at radius 1 is 1.07 bits per heavy atom. The van der Waals surface area contributed by atoms with Crippen LogP contribution >= 0.6 is 0 Å². The van der Waals surface area contributed by atoms with Gasteiger partial charge >= 0.3 is 0 Å². The molecule has 0 radical (unpaired) electrons. The zero-order valence-electron chi connectivity index (χ0n) is 18.5. The Morgan fingerprint density at radius 3 is 2.40 bits per heavy atom. The van der Waals surface area contributed by atoms with Crippen LogP contribution < -0.4 is 14.8 Å². The lowest BCUT2D eigenvalue weighted by molar-refractivity contribution is -0.142. The number of amides is 2. The molecule has 0 aliphatic carbocycles. The summed E-state index contributed by atoms with van der Waals surface area (Å²) in [5.74, 6) is 0.593. The first-order valence-corrected chi connectivity index (χ1v) is 10.3. The van der Waals surface area contributed by atoms with Crippen LogP contribution in [0.15, 0.2) is 48.5 Å². The molecule has 0 aliphatic rings. The molecule has 162 valence electrons. The van der Waals surface area contributed by atoms with Crippen LogP contribution in [-0.2, 0) is 16.1 Å². The molecule has 2 amide bonds. The molecule has 2 rings (SSSR count). The Kier molecular flexibility index (Phi) is 8.71. The van der Waals surface area contributed by atoms with Crippen molar-refractivity contribution in [2.24, 2.45) is 0 Å². The Balaban J connectivity index is 2.18. The predicted molar refractivity (Wildman–Crippen MR) is 118 cm³/mol. The minimum atomic E-state index is -0.631. The summed E-state index contributed by atoms with van der Waals surface area (Å²) in [5.41, 5.74) is 2.06. The molecule has 2 aromatic rings. The lowest BCUT2D eigenvalue weighted by Crippen LogP contribution is -2.50. The average Bonchev–Trinajstić information content (AvgIpc) is 2.75. The topological polar surface area (TPSA) is 67.9 Å². The van der Waals surface area contributed by atoms with Gasteiger partial charge in [-0.25, -0.2) is 0 Å². The van der Waals surface area contributed by atoms with E-state index in [0.29, 0.717) is 18.0 Å². The van der Waals surface area contributed by atoms with E-state index in [1.807, 2.05) is 57.2 Å². The highest BCUT2D eigenvalue weighted by Crippen LogP contribution is 2.25. The first-order chi connectivity index (χ1) is 14.3. The van der Waals surface area contributed by atoms with Crippen molar-refractivity contribution < 1.29 is 19.1 Å². The molecular formula is C24H32N2O4. The molecule has 0 aromatic heterocycles. The number of para-hydroxylation sites is 2. The number of nitrogens with one attached hydrogen (secondary N) is 1. The molecule has 0 unspecified atom stereocenters. The van der Waals surface area contributed by atoms with E-state index in [-0.39, 0.29) is 24.5 Å². The van der Waals surface area contributed by atoms with Crippen molar-refractivity contribution in [1.29, 1.82) is 0 Å². The second-order valence-electron chi connectivity index (χ2n) is 7.44. The summed E-state index contributed by atoms with van der Waals surface area (Å²) >= 11 is 0. The standard InChI is InChI=1S/C24H32N2O4/c1-6-18(3)25-24(28)19(4)26(15-20-11-9-10-17(2)14-20)23(27)16-30-22-13-8-7-12-21(22)29-5/h7-14,18-19H,6,15-16H2,1-5H3,(H,25,28)/t18-,19-/m0/s1. The predicted octanol–water partition coefficient (Wildman–Crippen LogP) is 3.71. The summed E-state index contributed by atoms with van der Waals surface area (Å²) in [4.78, 5) is 27.4. The number of ether oxygens (including phenoxy) is 2. The Bertz CT molecular complexity index is 853. The van der Waals surface area contributed by atoms with Gasteiger partial charge in [0.05, 0.1) is 7.11 Å². The minimum absolute atomic E-state index is 0.0423. The fourth-order valence-electron chi connectivity index (χ4n) is 3.02. The Hall–Kier alpha value is -3.02. The molecule has 0 aliphatic heterocycles. The van der Waals surface area contributed by atoms with Gasteiger partial charge in [-0.05, 0) is 44.9 Å². The van der Waals surface area contributed by atoms with Gasteiger partial charge in [0, 0.05) is 12.6 Å². The third kappa shape index (κ3) is 6.51. The normalized spacial score (nSPS) is 12.6. The van der Waals surface area contributed by atoms with Crippen LogP contribution in [0, 0.1) is 6.92 Å². The maximum Gasteiger partial charge on any atom is 0.261 e. The molecule has 0 saturated carbocycles. The second kappa shape index (κ2) is 11.2. The van der Waals surface area contributed by atoms with E-state index < -0.39 is 6.04 Å². The molecule has 1 N–H and O–H groups in total. The van der Waals surface area contributed by atoms with Crippen LogP contribution in [0.1, 0.15) is 38.3 Å². The molecule has 6 heteroatoms. The molecule has 6 nitrogen and oxygen atoms in total. The molecule has 0 fully saturated rings. The van der Waals surface area contributed by atoms with Crippen LogP contribution in [0.4, 0.5) is 0 Å². The van der Waals surface area contributed by atoms with Gasteiger partial charge < -0.3 is 19.7 Å². The van der Waals surface area contributed by atoms with Crippen molar-refractivity contribution in [1.82, 2.24) is 10.2 Å². The summed E-state index contributed by atoms with van der Waals surface area (Å²) in [7, 11) is 1.55. The zero-order valence-corrected chi connectivity index (χ0v) is 18.5. The average molecular weight is 413 g/mol. The van der Waals surface area contributed by atoms with Gasteiger partial charge in [0.15, 0.2) is 18.1 Å². The van der Waals surface area contributed by atoms with E-state index in [9.17, 15) is 9.59 Å². The number of hydrogen-bond acceptors (Lipinski definition) is 4. The van der Waals surface area contributed by atoms with Crippen molar-refractivity contribution in [2.75, 3.05) is 13.7 Å². The molecule has 0 saturated heterocycles. The van der Waals surface area contributed by atoms with Crippen LogP contribution in [0.3, 0.4) is 0 Å². The highest BCUT2D eigenvalue weighted by Gasteiger charge is 2.27. The van der Waals surface area contributed by atoms with Gasteiger partial charge in [0.2, 0.25) is 5.91 Å². The van der Waals surface area contributed by atoms with E-state index in [4.69, 9.17) is 9.47 Å². The number of nitrogens with zero attached hydrogens (tertiary/aromatic N) is 1. The smallest absolute Gasteiger partial charge is 0.261 e. The number of rotatable bonds is 10. The van der Waals surface area contributed by atoms with Crippen molar-refractivity contribution in [3.05, 3.63) is 59.7 Å². The zero-order chi connectivity index (χ0) is 22.1. The number of methoxy groups -OCH3 is 1. The number of aryl methyl sites for hydroxylation is 1. The van der Waals surface area contributed by atoms with E-state index in [2.05, 4.69) is 5.32 Å². The summed E-state index contributed by atoms with van der Waals surface area (Å²) < 4.78 is 11.0. The fraction of sp³-hybridized carbons (Fsp3) is 0.417. The lowest BCUT2D eigenvalue weighted by atomic mass is 10.1. The van der Waals surface area contributed by atoms with Gasteiger partial charge in [-0.15, -0.1) is 0 Å². The Labute approximate surface area is 179 Å². The van der Waals surface area contributed by atoms with Crippen molar-refractivity contribution in [2.45, 2.75) is 52.7 Å². The highest BCUT2D eigenvalue weighted by molar-refractivity contribution is 5.88. The van der Waals surface area contributed by atoms with Gasteiger partial charge in [-0.3, -0.25) is 9.59 Å². The van der Waals surface area contributed by atoms with Crippen LogP contribution in [-0.4, -0.2) is 42.5 Å². The van der Waals surface area contributed by atoms with E-state index >= 15 is 0 Å². The molecular weight excluding hydrogens is 380 g/mol. The number of benzene rings is 2. The van der Waals surface area contributed by atoms with Crippen LogP contribution in [0.5, 0.6) is 11.5 Å². The van der Waals surface area contributed by atoms with E-state index in [1.165, 1.54) is 0 Å². The minimum Gasteiger partial charge on any atom is -0.493 e. The van der Waals surface area contributed by atoms with Gasteiger partial charge in [0.25, 0.3) is 5.91 Å². The molecule has 0 spiro atoms. The Morgan fingerprint density at radius 2 is 1.77 bits per heavy atom. The quantitative estimate of drug-likeness (QED) is 0.646. The van der Waals surface area contributed by atoms with E-state index in [1.54, 1.807) is 31.1 Å². The van der Waals surface area contributed by atoms with Gasteiger partial charge in [0.1, 0.15) is 6.04 Å². The molecule has 2 aromatic carbocycles. The van der Waals surface area contributed by atoms with Gasteiger partial charge in [-0.2, -0.15) is 0 Å². The molecule has 2 atom stereocenters. The molecule has 0 bridgehead atoms. The first-order valence-electron chi connectivity index (χ1n) is 10.3. The van der Waals surface area contributed by atoms with Crippen LogP contribution in [0.2, 0.25) is 0 Å². The third-order valence-corrected chi connectivity index (χ3v) is 5.02. The summed E-state index contributed by atoms with van der Waals surface area (Å²) in [5, 5.41) is 2.96. The molecule has 0 heterocycles. The summed E-state index contributed by atoms with van der Waals surface area (Å²) in [6.45, 7) is 7.83. The number of carbonyl (C=O) groups is 2. The number of carbonyl (C=O) groups excluding carboxylic acids is 2. The van der Waals surface area contributed by atoms with Crippen molar-refractivity contribution >= 4 is 11.8 Å². The van der Waals surface area contributed by atoms with Crippen molar-refractivity contribution in [3.63, 3.8) is 0 Å². The third-order valence-electron chi connectivity index (χ3n) is 5.02. The van der Waals surface area contributed by atoms with Gasteiger partial charge in [-0.1, -0.05) is 48.9 Å². The molecule has 30 heavy (non-hydrogen) atoms. The monoisotopic (exact) mass is 412 g/mol. The lowest BCUT2D eigenvalue weighted by Gasteiger charge is -2.29. The maximum absolute atomic E-state index is 13.1. The second-order valence-corrected chi connectivity index (χ2v) is 7.44. The van der Waals surface area contributed by atoms with E-state index in [0.717, 1.165) is 17.5 Å².